The summed E-state index contributed by atoms with van der Waals surface area (Å²) in [6, 6.07) is 0. The molecule has 138 valence electrons. The molecule has 0 unspecified atom stereocenters. The second kappa shape index (κ2) is 8.42. The Morgan fingerprint density at radius 1 is 1.25 bits per heavy atom. The molecular weight excluding hydrogens is 312 g/mol. The normalized spacial score (nSPS) is 18.3. The van der Waals surface area contributed by atoms with E-state index >= 15 is 0 Å². The summed E-state index contributed by atoms with van der Waals surface area (Å²) < 4.78 is 13.1. The molecule has 0 N–H and O–H groups in total. The predicted octanol–water partition coefficient (Wildman–Crippen LogP) is 7.11. The van der Waals surface area contributed by atoms with Crippen LogP contribution in [0.1, 0.15) is 73.1 Å². The SMILES string of the molecule is C=CCCCC(C)(C)O/C(O[Si](C)(C)C(C)(C)C)=C1\C=CCCC1. The molecule has 0 fully saturated rings. The third kappa shape index (κ3) is 6.50. The summed E-state index contributed by atoms with van der Waals surface area (Å²) in [7, 11) is -1.92. The monoisotopic (exact) mass is 350 g/mol. The quantitative estimate of drug-likeness (QED) is 0.201. The third-order valence-electron chi connectivity index (χ3n) is 5.11. The van der Waals surface area contributed by atoms with Gasteiger partial charge in [-0.05, 0) is 70.5 Å². The molecule has 0 radical (unpaired) electrons. The Balaban J connectivity index is 3.01. The van der Waals surface area contributed by atoms with Crippen LogP contribution in [0.25, 0.3) is 0 Å². The summed E-state index contributed by atoms with van der Waals surface area (Å²) in [5.74, 6) is 0.779. The Labute approximate surface area is 151 Å². The van der Waals surface area contributed by atoms with Crippen LogP contribution in [-0.4, -0.2) is 13.9 Å². The van der Waals surface area contributed by atoms with Crippen molar-refractivity contribution in [1.29, 1.82) is 0 Å². The van der Waals surface area contributed by atoms with Gasteiger partial charge in [0.2, 0.25) is 0 Å². The van der Waals surface area contributed by atoms with Crippen LogP contribution in [0.3, 0.4) is 0 Å². The van der Waals surface area contributed by atoms with Crippen LogP contribution < -0.4 is 0 Å². The number of allylic oxidation sites excluding steroid dienone is 4. The number of hydrogen-bond acceptors (Lipinski definition) is 2. The van der Waals surface area contributed by atoms with E-state index in [1.165, 1.54) is 12.0 Å². The first-order valence-electron chi connectivity index (χ1n) is 9.37. The van der Waals surface area contributed by atoms with Gasteiger partial charge in [0.05, 0.1) is 0 Å². The average molecular weight is 351 g/mol. The Hall–Kier alpha value is -0.963. The van der Waals surface area contributed by atoms with Gasteiger partial charge < -0.3 is 9.16 Å². The van der Waals surface area contributed by atoms with Crippen molar-refractivity contribution >= 4 is 8.32 Å². The van der Waals surface area contributed by atoms with Gasteiger partial charge in [0.25, 0.3) is 14.3 Å². The average Bonchev–Trinajstić information content (AvgIpc) is 2.46. The van der Waals surface area contributed by atoms with Gasteiger partial charge in [-0.25, -0.2) is 0 Å². The molecule has 0 saturated heterocycles. The maximum absolute atomic E-state index is 6.61. The molecule has 0 aromatic rings. The van der Waals surface area contributed by atoms with Crippen LogP contribution in [0.4, 0.5) is 0 Å². The molecule has 0 spiro atoms. The molecule has 0 atom stereocenters. The minimum atomic E-state index is -1.92. The van der Waals surface area contributed by atoms with Crippen LogP contribution in [0, 0.1) is 0 Å². The van der Waals surface area contributed by atoms with Crippen molar-refractivity contribution in [3.63, 3.8) is 0 Å². The molecule has 1 aliphatic carbocycles. The molecular formula is C21H38O2Si. The predicted molar refractivity (Wildman–Crippen MR) is 108 cm³/mol. The number of ether oxygens (including phenoxy) is 1. The molecule has 1 aliphatic rings. The molecule has 1 rings (SSSR count). The Bertz CT molecular complexity index is 479. The molecule has 24 heavy (non-hydrogen) atoms. The second-order valence-electron chi connectivity index (χ2n) is 9.01. The lowest BCUT2D eigenvalue weighted by atomic mass is 10.0. The first-order chi connectivity index (χ1) is 11.0. The third-order valence-corrected chi connectivity index (χ3v) is 9.42. The number of rotatable bonds is 8. The largest absolute Gasteiger partial charge is 0.519 e. The van der Waals surface area contributed by atoms with E-state index in [0.29, 0.717) is 0 Å². The summed E-state index contributed by atoms with van der Waals surface area (Å²) >= 11 is 0. The molecule has 0 saturated carbocycles. The van der Waals surface area contributed by atoms with E-state index in [1.54, 1.807) is 0 Å². The maximum Gasteiger partial charge on any atom is 0.269 e. The lowest BCUT2D eigenvalue weighted by molar-refractivity contribution is -0.0313. The zero-order valence-electron chi connectivity index (χ0n) is 17.0. The minimum Gasteiger partial charge on any atom is -0.519 e. The first kappa shape index (κ1) is 21.1. The van der Waals surface area contributed by atoms with E-state index in [2.05, 4.69) is 66.4 Å². The molecule has 0 amide bonds. The highest BCUT2D eigenvalue weighted by molar-refractivity contribution is 6.74. The van der Waals surface area contributed by atoms with Gasteiger partial charge in [0.15, 0.2) is 0 Å². The van der Waals surface area contributed by atoms with Crippen LogP contribution in [-0.2, 0) is 9.16 Å². The van der Waals surface area contributed by atoms with E-state index in [-0.39, 0.29) is 10.6 Å². The van der Waals surface area contributed by atoms with E-state index in [4.69, 9.17) is 9.16 Å². The summed E-state index contributed by atoms with van der Waals surface area (Å²) in [4.78, 5) is 0. The fourth-order valence-corrected chi connectivity index (χ4v) is 3.34. The Kier molecular flexibility index (Phi) is 7.39. The van der Waals surface area contributed by atoms with Crippen molar-refractivity contribution in [3.8, 4) is 0 Å². The summed E-state index contributed by atoms with van der Waals surface area (Å²) in [5.41, 5.74) is 1.00. The van der Waals surface area contributed by atoms with E-state index < -0.39 is 8.32 Å². The number of unbranched alkanes of at least 4 members (excludes halogenated alkanes) is 1. The summed E-state index contributed by atoms with van der Waals surface area (Å²) in [5, 5.41) is 0.160. The lowest BCUT2D eigenvalue weighted by Crippen LogP contribution is -2.42. The van der Waals surface area contributed by atoms with Gasteiger partial charge in [-0.3, -0.25) is 0 Å². The number of hydrogen-bond donors (Lipinski definition) is 0. The van der Waals surface area contributed by atoms with Gasteiger partial charge in [-0.15, -0.1) is 6.58 Å². The highest BCUT2D eigenvalue weighted by atomic mass is 28.4. The minimum absolute atomic E-state index is 0.160. The standard InChI is InChI=1S/C21H38O2Si/c1-9-10-14-17-21(5,6)22-19(18-15-12-11-13-16-18)23-24(7,8)20(2,3)4/h9,12,15H,1,10-11,13-14,16-17H2,2-8H3/b19-18-. The maximum atomic E-state index is 6.61. The van der Waals surface area contributed by atoms with E-state index in [0.717, 1.165) is 38.0 Å². The van der Waals surface area contributed by atoms with E-state index in [9.17, 15) is 0 Å². The van der Waals surface area contributed by atoms with Crippen molar-refractivity contribution in [3.05, 3.63) is 36.3 Å². The summed E-state index contributed by atoms with van der Waals surface area (Å²) in [6.45, 7) is 19.5. The van der Waals surface area contributed by atoms with Gasteiger partial charge in [0, 0.05) is 5.57 Å². The van der Waals surface area contributed by atoms with Crippen LogP contribution in [0.15, 0.2) is 36.3 Å². The topological polar surface area (TPSA) is 18.5 Å². The van der Waals surface area contributed by atoms with Crippen molar-refractivity contribution < 1.29 is 9.16 Å². The van der Waals surface area contributed by atoms with Crippen LogP contribution in [0.2, 0.25) is 18.1 Å². The summed E-state index contributed by atoms with van der Waals surface area (Å²) in [6.07, 6.45) is 12.9. The van der Waals surface area contributed by atoms with Crippen LogP contribution >= 0.6 is 0 Å². The molecule has 0 heterocycles. The highest BCUT2D eigenvalue weighted by Gasteiger charge is 2.41. The van der Waals surface area contributed by atoms with Gasteiger partial charge in [-0.2, -0.15) is 0 Å². The van der Waals surface area contributed by atoms with Gasteiger partial charge in [-0.1, -0.05) is 39.0 Å². The van der Waals surface area contributed by atoms with Crippen molar-refractivity contribution in [2.24, 2.45) is 0 Å². The molecule has 3 heteroatoms. The highest BCUT2D eigenvalue weighted by Crippen LogP contribution is 2.40. The van der Waals surface area contributed by atoms with Gasteiger partial charge >= 0.3 is 0 Å². The smallest absolute Gasteiger partial charge is 0.269 e. The first-order valence-corrected chi connectivity index (χ1v) is 12.3. The van der Waals surface area contributed by atoms with Crippen molar-refractivity contribution in [2.75, 3.05) is 0 Å². The van der Waals surface area contributed by atoms with Crippen LogP contribution in [0.5, 0.6) is 0 Å². The molecule has 0 bridgehead atoms. The Morgan fingerprint density at radius 3 is 2.42 bits per heavy atom. The molecule has 2 nitrogen and oxygen atoms in total. The Morgan fingerprint density at radius 2 is 1.92 bits per heavy atom. The van der Waals surface area contributed by atoms with Crippen molar-refractivity contribution in [1.82, 2.24) is 0 Å². The zero-order chi connectivity index (χ0) is 18.4. The molecule has 0 aromatic heterocycles. The lowest BCUT2D eigenvalue weighted by Gasteiger charge is -2.39. The fourth-order valence-electron chi connectivity index (χ4n) is 2.40. The fraction of sp³-hybridized carbons (Fsp3) is 0.714. The van der Waals surface area contributed by atoms with Gasteiger partial charge in [0.1, 0.15) is 5.60 Å². The molecule has 0 aliphatic heterocycles. The second-order valence-corrected chi connectivity index (χ2v) is 13.7. The van der Waals surface area contributed by atoms with Crippen molar-refractivity contribution in [2.45, 2.75) is 96.9 Å². The van der Waals surface area contributed by atoms with E-state index in [1.807, 2.05) is 6.08 Å². The zero-order valence-corrected chi connectivity index (χ0v) is 18.0. The molecule has 0 aromatic carbocycles.